The quantitative estimate of drug-likeness (QED) is 0.230. The van der Waals surface area contributed by atoms with Crippen molar-refractivity contribution in [1.29, 1.82) is 0 Å². The SMILES string of the molecule is CC(C)(C)OC(=O)N[C@@H]1CCCN(c2c(F)cccc2NC(=O)c2csc(-c3cnn(Cc4ccccc4Br)c3)n2)C1. The van der Waals surface area contributed by atoms with Crippen molar-refractivity contribution in [3.8, 4) is 10.6 Å². The summed E-state index contributed by atoms with van der Waals surface area (Å²) >= 11 is 4.90. The maximum atomic E-state index is 15.2. The number of amides is 2. The van der Waals surface area contributed by atoms with Gasteiger partial charge < -0.3 is 20.3 Å². The van der Waals surface area contributed by atoms with Crippen LogP contribution >= 0.6 is 27.3 Å². The number of nitrogens with one attached hydrogen (secondary N) is 2. The van der Waals surface area contributed by atoms with Crippen LogP contribution in [0.25, 0.3) is 10.6 Å². The molecule has 0 bridgehead atoms. The molecule has 1 aliphatic heterocycles. The van der Waals surface area contributed by atoms with E-state index in [9.17, 15) is 9.59 Å². The van der Waals surface area contributed by atoms with E-state index in [0.29, 0.717) is 30.3 Å². The standard InChI is InChI=1S/C30H32BrFN6O3S/c1-30(2,3)41-29(40)34-21-9-7-13-37(17-21)26-23(32)11-6-12-24(26)35-27(39)25-18-42-28(36-25)20-14-33-38(16-20)15-19-8-4-5-10-22(19)31/h4-6,8,10-12,14,16,18,21H,7,9,13,15,17H2,1-3H3,(H,34,40)(H,35,39)/t21-/m1/s1. The average molecular weight is 656 g/mol. The third-order valence-corrected chi connectivity index (χ3v) is 8.27. The Kier molecular flexibility index (Phi) is 8.93. The highest BCUT2D eigenvalue weighted by Crippen LogP contribution is 2.32. The summed E-state index contributed by atoms with van der Waals surface area (Å²) in [6.45, 7) is 6.97. The molecule has 3 heterocycles. The van der Waals surface area contributed by atoms with Crippen LogP contribution < -0.4 is 15.5 Å². The number of nitrogens with zero attached hydrogens (tertiary/aromatic N) is 4. The van der Waals surface area contributed by atoms with E-state index in [-0.39, 0.29) is 17.4 Å². The van der Waals surface area contributed by atoms with Gasteiger partial charge in [-0.05, 0) is 57.4 Å². The molecule has 0 saturated carbocycles. The molecule has 1 fully saturated rings. The third-order valence-electron chi connectivity index (χ3n) is 6.60. The molecule has 12 heteroatoms. The molecule has 0 aliphatic carbocycles. The minimum Gasteiger partial charge on any atom is -0.444 e. The topological polar surface area (TPSA) is 101 Å². The molecule has 0 radical (unpaired) electrons. The van der Waals surface area contributed by atoms with E-state index in [4.69, 9.17) is 4.74 Å². The summed E-state index contributed by atoms with van der Waals surface area (Å²) in [5.41, 5.74) is 2.13. The van der Waals surface area contributed by atoms with Gasteiger partial charge in [-0.1, -0.05) is 40.2 Å². The smallest absolute Gasteiger partial charge is 0.407 e. The lowest BCUT2D eigenvalue weighted by Crippen LogP contribution is -2.49. The largest absolute Gasteiger partial charge is 0.444 e. The van der Waals surface area contributed by atoms with Crippen LogP contribution in [0.4, 0.5) is 20.6 Å². The zero-order valence-corrected chi connectivity index (χ0v) is 26.0. The van der Waals surface area contributed by atoms with Gasteiger partial charge in [0.1, 0.15) is 22.1 Å². The number of aromatic nitrogens is 3. The van der Waals surface area contributed by atoms with Crippen LogP contribution in [-0.2, 0) is 11.3 Å². The predicted octanol–water partition coefficient (Wildman–Crippen LogP) is 6.70. The Hall–Kier alpha value is -3.77. The summed E-state index contributed by atoms with van der Waals surface area (Å²) in [7, 11) is 0. The number of piperidine rings is 1. The van der Waals surface area contributed by atoms with Gasteiger partial charge in [0.2, 0.25) is 0 Å². The van der Waals surface area contributed by atoms with Crippen LogP contribution in [0.3, 0.4) is 0 Å². The number of hydrogen-bond donors (Lipinski definition) is 2. The Morgan fingerprint density at radius 2 is 2.00 bits per heavy atom. The fraction of sp³-hybridized carbons (Fsp3) is 0.333. The number of carbonyl (C=O) groups is 2. The lowest BCUT2D eigenvalue weighted by atomic mass is 10.0. The number of para-hydroxylation sites is 1. The van der Waals surface area contributed by atoms with E-state index < -0.39 is 23.4 Å². The van der Waals surface area contributed by atoms with E-state index in [1.165, 1.54) is 17.4 Å². The predicted molar refractivity (Wildman–Crippen MR) is 166 cm³/mol. The molecule has 0 spiro atoms. The first kappa shape index (κ1) is 29.7. The maximum absolute atomic E-state index is 15.2. The monoisotopic (exact) mass is 654 g/mol. The summed E-state index contributed by atoms with van der Waals surface area (Å²) in [5, 5.41) is 12.5. The van der Waals surface area contributed by atoms with Crippen LogP contribution in [0.1, 0.15) is 49.7 Å². The van der Waals surface area contributed by atoms with Crippen molar-refractivity contribution in [2.45, 2.75) is 51.8 Å². The molecule has 2 aromatic carbocycles. The molecule has 2 aromatic heterocycles. The first-order valence-corrected chi connectivity index (χ1v) is 15.3. The molecule has 2 N–H and O–H groups in total. The molecule has 1 saturated heterocycles. The number of ether oxygens (including phenoxy) is 1. The zero-order chi connectivity index (χ0) is 29.9. The van der Waals surface area contributed by atoms with Crippen molar-refractivity contribution in [2.24, 2.45) is 0 Å². The number of carbonyl (C=O) groups excluding carboxylic acids is 2. The Balaban J connectivity index is 1.27. The van der Waals surface area contributed by atoms with Gasteiger partial charge in [-0.3, -0.25) is 9.48 Å². The summed E-state index contributed by atoms with van der Waals surface area (Å²) < 4.78 is 23.4. The second-order valence-corrected chi connectivity index (χ2v) is 12.8. The second kappa shape index (κ2) is 12.6. The molecule has 9 nitrogen and oxygen atoms in total. The van der Waals surface area contributed by atoms with Gasteiger partial charge in [-0.2, -0.15) is 5.10 Å². The van der Waals surface area contributed by atoms with Crippen molar-refractivity contribution in [3.63, 3.8) is 0 Å². The van der Waals surface area contributed by atoms with Crippen LogP contribution in [0, 0.1) is 5.82 Å². The van der Waals surface area contributed by atoms with Gasteiger partial charge >= 0.3 is 6.09 Å². The van der Waals surface area contributed by atoms with Crippen molar-refractivity contribution in [3.05, 3.63) is 81.8 Å². The third kappa shape index (κ3) is 7.35. The number of alkyl carbamates (subject to hydrolysis) is 1. The van der Waals surface area contributed by atoms with E-state index in [0.717, 1.165) is 28.4 Å². The average Bonchev–Trinajstić information content (AvgIpc) is 3.59. The van der Waals surface area contributed by atoms with Crippen LogP contribution in [0.5, 0.6) is 0 Å². The van der Waals surface area contributed by atoms with Crippen LogP contribution in [-0.4, -0.2) is 51.5 Å². The minimum absolute atomic E-state index is 0.221. The Bertz CT molecular complexity index is 1580. The van der Waals surface area contributed by atoms with Gasteiger partial charge in [0.25, 0.3) is 5.91 Å². The number of hydrogen-bond acceptors (Lipinski definition) is 7. The lowest BCUT2D eigenvalue weighted by Gasteiger charge is -2.36. The fourth-order valence-electron chi connectivity index (χ4n) is 4.77. The van der Waals surface area contributed by atoms with E-state index >= 15 is 4.39 Å². The van der Waals surface area contributed by atoms with Gasteiger partial charge in [0.15, 0.2) is 0 Å². The molecule has 2 amide bonds. The first-order valence-electron chi connectivity index (χ1n) is 13.6. The van der Waals surface area contributed by atoms with Gasteiger partial charge in [-0.15, -0.1) is 11.3 Å². The van der Waals surface area contributed by atoms with Crippen molar-refractivity contribution >= 4 is 50.6 Å². The van der Waals surface area contributed by atoms with Crippen molar-refractivity contribution < 1.29 is 18.7 Å². The highest BCUT2D eigenvalue weighted by Gasteiger charge is 2.27. The summed E-state index contributed by atoms with van der Waals surface area (Å²) in [6.07, 6.45) is 4.59. The van der Waals surface area contributed by atoms with Crippen LogP contribution in [0.15, 0.2) is 64.7 Å². The van der Waals surface area contributed by atoms with E-state index in [1.807, 2.05) is 40.0 Å². The highest BCUT2D eigenvalue weighted by atomic mass is 79.9. The summed E-state index contributed by atoms with van der Waals surface area (Å²) in [5.74, 6) is -0.896. The number of anilines is 2. The molecule has 42 heavy (non-hydrogen) atoms. The fourth-order valence-corrected chi connectivity index (χ4v) is 5.95. The molecular weight excluding hydrogens is 623 g/mol. The molecule has 1 atom stereocenters. The Morgan fingerprint density at radius 1 is 1.19 bits per heavy atom. The van der Waals surface area contributed by atoms with Gasteiger partial charge in [0.05, 0.1) is 24.1 Å². The Labute approximate surface area is 256 Å². The lowest BCUT2D eigenvalue weighted by molar-refractivity contribution is 0.0500. The zero-order valence-electron chi connectivity index (χ0n) is 23.6. The first-order chi connectivity index (χ1) is 20.1. The number of benzene rings is 2. The molecule has 0 unspecified atom stereocenters. The van der Waals surface area contributed by atoms with Crippen molar-refractivity contribution in [2.75, 3.05) is 23.3 Å². The number of thiazole rings is 1. The molecule has 220 valence electrons. The molecular formula is C30H32BrFN6O3S. The maximum Gasteiger partial charge on any atom is 0.407 e. The second-order valence-electron chi connectivity index (χ2n) is 11.1. The van der Waals surface area contributed by atoms with Crippen LogP contribution in [0.2, 0.25) is 0 Å². The highest BCUT2D eigenvalue weighted by molar-refractivity contribution is 9.10. The number of halogens is 2. The summed E-state index contributed by atoms with van der Waals surface area (Å²) in [4.78, 5) is 31.9. The number of rotatable bonds is 7. The van der Waals surface area contributed by atoms with Crippen molar-refractivity contribution in [1.82, 2.24) is 20.1 Å². The van der Waals surface area contributed by atoms with E-state index in [2.05, 4.69) is 36.6 Å². The molecule has 5 rings (SSSR count). The Morgan fingerprint density at radius 3 is 2.79 bits per heavy atom. The molecule has 4 aromatic rings. The van der Waals surface area contributed by atoms with E-state index in [1.54, 1.807) is 44.5 Å². The normalized spacial score (nSPS) is 15.4. The summed E-state index contributed by atoms with van der Waals surface area (Å²) in [6, 6.07) is 12.3. The van der Waals surface area contributed by atoms with Gasteiger partial charge in [0, 0.05) is 40.7 Å². The van der Waals surface area contributed by atoms with Gasteiger partial charge in [-0.25, -0.2) is 14.2 Å². The molecule has 1 aliphatic rings. The minimum atomic E-state index is -0.614.